The Bertz CT molecular complexity index is 1000. The van der Waals surface area contributed by atoms with Gasteiger partial charge in [-0.1, -0.05) is 53.8 Å². The van der Waals surface area contributed by atoms with Crippen LogP contribution in [0.25, 0.3) is 6.08 Å². The van der Waals surface area contributed by atoms with Gasteiger partial charge in [0.1, 0.15) is 5.75 Å². The van der Waals surface area contributed by atoms with Crippen LogP contribution in [-0.4, -0.2) is 27.4 Å². The molecule has 2 aromatic carbocycles. The van der Waals surface area contributed by atoms with Crippen molar-refractivity contribution in [1.82, 2.24) is 0 Å². The number of anilines is 1. The number of thioether (sulfide) groups is 1. The van der Waals surface area contributed by atoms with Crippen LogP contribution in [0.1, 0.15) is 23.6 Å². The van der Waals surface area contributed by atoms with Gasteiger partial charge in [0.05, 0.1) is 10.6 Å². The van der Waals surface area contributed by atoms with Gasteiger partial charge < -0.3 is 9.84 Å². The average molecular weight is 414 g/mol. The van der Waals surface area contributed by atoms with Crippen LogP contribution in [0.2, 0.25) is 0 Å². The van der Waals surface area contributed by atoms with Crippen LogP contribution in [0.4, 0.5) is 5.69 Å². The summed E-state index contributed by atoms with van der Waals surface area (Å²) in [5.74, 6) is -0.791. The summed E-state index contributed by atoms with van der Waals surface area (Å²) in [4.78, 5) is 26.0. The molecular formula is C21H19NO4S2. The Hall–Kier alpha value is -2.64. The number of carboxylic acids is 1. The molecule has 3 rings (SSSR count). The van der Waals surface area contributed by atoms with Crippen LogP contribution in [0.5, 0.6) is 5.75 Å². The lowest BCUT2D eigenvalue weighted by Gasteiger charge is -2.17. The summed E-state index contributed by atoms with van der Waals surface area (Å²) in [7, 11) is 0. The molecule has 1 aliphatic rings. The van der Waals surface area contributed by atoms with Gasteiger partial charge >= 0.3 is 5.97 Å². The molecule has 1 unspecified atom stereocenters. The number of hydrogen-bond acceptors (Lipinski definition) is 5. The molecule has 0 aromatic heterocycles. The van der Waals surface area contributed by atoms with Gasteiger partial charge in [-0.15, -0.1) is 0 Å². The Morgan fingerprint density at radius 3 is 2.68 bits per heavy atom. The van der Waals surface area contributed by atoms with Crippen LogP contribution in [-0.2, 0) is 9.59 Å². The molecule has 1 fully saturated rings. The molecule has 1 aliphatic heterocycles. The fourth-order valence-corrected chi connectivity index (χ4v) is 4.10. The molecule has 1 amide bonds. The van der Waals surface area contributed by atoms with Gasteiger partial charge in [0.2, 0.25) is 0 Å². The lowest BCUT2D eigenvalue weighted by atomic mass is 10.1. The van der Waals surface area contributed by atoms with Gasteiger partial charge in [0.15, 0.2) is 10.4 Å². The van der Waals surface area contributed by atoms with Crippen molar-refractivity contribution in [3.8, 4) is 5.75 Å². The van der Waals surface area contributed by atoms with E-state index in [1.165, 1.54) is 18.7 Å². The fraction of sp³-hybridized carbons (Fsp3) is 0.190. The molecule has 144 valence electrons. The van der Waals surface area contributed by atoms with Crippen LogP contribution in [0.3, 0.4) is 0 Å². The normalized spacial score (nSPS) is 16.5. The Kier molecular flexibility index (Phi) is 5.86. The van der Waals surface area contributed by atoms with Gasteiger partial charge in [-0.2, -0.15) is 0 Å². The Morgan fingerprint density at radius 1 is 1.25 bits per heavy atom. The number of ether oxygens (including phenoxy) is 1. The molecule has 0 radical (unpaired) electrons. The molecular weight excluding hydrogens is 394 g/mol. The van der Waals surface area contributed by atoms with Gasteiger partial charge in [0.25, 0.3) is 5.91 Å². The highest BCUT2D eigenvalue weighted by molar-refractivity contribution is 8.27. The maximum atomic E-state index is 13.0. The molecule has 7 heteroatoms. The number of carbonyl (C=O) groups is 2. The zero-order chi connectivity index (χ0) is 20.4. The minimum Gasteiger partial charge on any atom is -0.479 e. The van der Waals surface area contributed by atoms with E-state index >= 15 is 0 Å². The highest BCUT2D eigenvalue weighted by Crippen LogP contribution is 2.37. The molecule has 0 spiro atoms. The fourth-order valence-electron chi connectivity index (χ4n) is 2.82. The van der Waals surface area contributed by atoms with Gasteiger partial charge in [-0.3, -0.25) is 9.69 Å². The average Bonchev–Trinajstić information content (AvgIpc) is 2.89. The smallest absolute Gasteiger partial charge is 0.344 e. The van der Waals surface area contributed by atoms with Crippen molar-refractivity contribution in [3.05, 3.63) is 64.1 Å². The molecule has 0 aliphatic carbocycles. The van der Waals surface area contributed by atoms with E-state index in [0.717, 1.165) is 22.4 Å². The van der Waals surface area contributed by atoms with Gasteiger partial charge in [0, 0.05) is 0 Å². The van der Waals surface area contributed by atoms with E-state index < -0.39 is 12.1 Å². The SMILES string of the molecule is Cc1ccc(N2C(=O)/C(=C\c3cccc(OC(C)C(=O)O)c3)SC2=S)c(C)c1. The van der Waals surface area contributed by atoms with E-state index in [4.69, 9.17) is 22.1 Å². The second-order valence-corrected chi connectivity index (χ2v) is 8.15. The first-order valence-electron chi connectivity index (χ1n) is 8.61. The largest absolute Gasteiger partial charge is 0.479 e. The third-order valence-corrected chi connectivity index (χ3v) is 5.51. The summed E-state index contributed by atoms with van der Waals surface area (Å²) >= 11 is 6.68. The molecule has 1 heterocycles. The van der Waals surface area contributed by atoms with E-state index in [-0.39, 0.29) is 5.91 Å². The number of carboxylic acid groups (broad SMARTS) is 1. The van der Waals surface area contributed by atoms with Crippen molar-refractivity contribution >= 4 is 51.9 Å². The third-order valence-electron chi connectivity index (χ3n) is 4.20. The predicted octanol–water partition coefficient (Wildman–Crippen LogP) is 4.56. The highest BCUT2D eigenvalue weighted by Gasteiger charge is 2.34. The number of amides is 1. The van der Waals surface area contributed by atoms with Crippen LogP contribution < -0.4 is 9.64 Å². The molecule has 1 saturated heterocycles. The highest BCUT2D eigenvalue weighted by atomic mass is 32.2. The number of aryl methyl sites for hydroxylation is 2. The summed E-state index contributed by atoms with van der Waals surface area (Å²) in [6.07, 6.45) is 0.777. The first-order valence-corrected chi connectivity index (χ1v) is 9.83. The summed E-state index contributed by atoms with van der Waals surface area (Å²) in [5, 5.41) is 8.98. The van der Waals surface area contributed by atoms with Gasteiger partial charge in [-0.25, -0.2) is 4.79 Å². The van der Waals surface area contributed by atoms with Gasteiger partial charge in [-0.05, 0) is 56.2 Å². The van der Waals surface area contributed by atoms with E-state index in [1.807, 2.05) is 38.1 Å². The standard InChI is InChI=1S/C21H19NO4S2/c1-12-7-8-17(13(2)9-12)22-19(23)18(28-21(22)27)11-15-5-4-6-16(10-15)26-14(3)20(24)25/h4-11,14H,1-3H3,(H,24,25)/b18-11+. The molecule has 1 N–H and O–H groups in total. The van der Waals surface area contributed by atoms with Crippen molar-refractivity contribution in [2.45, 2.75) is 26.9 Å². The maximum Gasteiger partial charge on any atom is 0.344 e. The van der Waals surface area contributed by atoms with E-state index in [2.05, 4.69) is 0 Å². The van der Waals surface area contributed by atoms with Crippen molar-refractivity contribution in [3.63, 3.8) is 0 Å². The number of hydrogen-bond donors (Lipinski definition) is 1. The van der Waals surface area contributed by atoms with Crippen LogP contribution in [0, 0.1) is 13.8 Å². The number of rotatable bonds is 5. The summed E-state index contributed by atoms with van der Waals surface area (Å²) in [6.45, 7) is 5.42. The monoisotopic (exact) mass is 413 g/mol. The summed E-state index contributed by atoms with van der Waals surface area (Å²) in [6, 6.07) is 12.8. The molecule has 5 nitrogen and oxygen atoms in total. The number of nitrogens with zero attached hydrogens (tertiary/aromatic N) is 1. The molecule has 0 saturated carbocycles. The second-order valence-electron chi connectivity index (χ2n) is 6.48. The third kappa shape index (κ3) is 4.26. The Labute approximate surface area is 173 Å². The molecule has 2 aromatic rings. The van der Waals surface area contributed by atoms with E-state index in [9.17, 15) is 9.59 Å². The first kappa shape index (κ1) is 20.1. The minimum atomic E-state index is -1.04. The van der Waals surface area contributed by atoms with E-state index in [1.54, 1.807) is 29.2 Å². The molecule has 0 bridgehead atoms. The van der Waals surface area contributed by atoms with Crippen molar-refractivity contribution in [2.24, 2.45) is 0 Å². The second kappa shape index (κ2) is 8.16. The lowest BCUT2D eigenvalue weighted by Crippen LogP contribution is -2.28. The van der Waals surface area contributed by atoms with Crippen molar-refractivity contribution in [1.29, 1.82) is 0 Å². The lowest BCUT2D eigenvalue weighted by molar-refractivity contribution is -0.144. The topological polar surface area (TPSA) is 66.8 Å². The zero-order valence-corrected chi connectivity index (χ0v) is 17.3. The predicted molar refractivity (Wildman–Crippen MR) is 116 cm³/mol. The molecule has 1 atom stereocenters. The maximum absolute atomic E-state index is 13.0. The first-order chi connectivity index (χ1) is 13.3. The quantitative estimate of drug-likeness (QED) is 0.573. The Morgan fingerprint density at radius 2 is 2.00 bits per heavy atom. The van der Waals surface area contributed by atoms with Crippen LogP contribution >= 0.6 is 24.0 Å². The van der Waals surface area contributed by atoms with Crippen molar-refractivity contribution in [2.75, 3.05) is 4.90 Å². The Balaban J connectivity index is 1.87. The minimum absolute atomic E-state index is 0.174. The summed E-state index contributed by atoms with van der Waals surface area (Å²) in [5.41, 5.74) is 3.62. The zero-order valence-electron chi connectivity index (χ0n) is 15.6. The van der Waals surface area contributed by atoms with Crippen molar-refractivity contribution < 1.29 is 19.4 Å². The number of thiocarbonyl (C=S) groups is 1. The van der Waals surface area contributed by atoms with E-state index in [0.29, 0.717) is 15.0 Å². The van der Waals surface area contributed by atoms with Crippen LogP contribution in [0.15, 0.2) is 47.4 Å². The number of aliphatic carboxylic acids is 1. The molecule has 28 heavy (non-hydrogen) atoms. The summed E-state index contributed by atoms with van der Waals surface area (Å²) < 4.78 is 5.87. The number of carbonyl (C=O) groups excluding carboxylic acids is 1. The number of benzene rings is 2.